The summed E-state index contributed by atoms with van der Waals surface area (Å²) in [5, 5.41) is 0. The van der Waals surface area contributed by atoms with Crippen LogP contribution in [0.5, 0.6) is 0 Å². The van der Waals surface area contributed by atoms with Crippen molar-refractivity contribution in [3.8, 4) is 11.1 Å². The summed E-state index contributed by atoms with van der Waals surface area (Å²) in [6.07, 6.45) is 3.90. The van der Waals surface area contributed by atoms with Crippen molar-refractivity contribution in [2.45, 2.75) is 46.0 Å². The maximum Gasteiger partial charge on any atom is 0.161 e. The molecule has 0 radical (unpaired) electrons. The lowest BCUT2D eigenvalue weighted by Crippen LogP contribution is -1.86. The molecule has 2 heteroatoms. The zero-order chi connectivity index (χ0) is 16.7. The fraction of sp³-hybridized carbons (Fsp3) is 0.333. The molecule has 0 saturated heterocycles. The van der Waals surface area contributed by atoms with Gasteiger partial charge in [-0.1, -0.05) is 75.2 Å². The van der Waals surface area contributed by atoms with E-state index in [0.29, 0.717) is 12.0 Å². The highest BCUT2D eigenvalue weighted by Crippen LogP contribution is 2.27. The topological polar surface area (TPSA) is 0 Å². The van der Waals surface area contributed by atoms with E-state index in [1.165, 1.54) is 5.56 Å². The average molecular weight is 314 g/mol. The zero-order valence-corrected chi connectivity index (χ0v) is 13.9. The molecule has 0 atom stereocenters. The summed E-state index contributed by atoms with van der Waals surface area (Å²) in [7, 11) is 0. The summed E-state index contributed by atoms with van der Waals surface area (Å²) in [6, 6.07) is 15.4. The molecule has 0 spiro atoms. The van der Waals surface area contributed by atoms with Crippen LogP contribution in [0.4, 0.5) is 8.78 Å². The number of rotatable bonds is 7. The molecular weight excluding hydrogens is 290 g/mol. The van der Waals surface area contributed by atoms with Crippen molar-refractivity contribution < 1.29 is 8.78 Å². The van der Waals surface area contributed by atoms with Crippen LogP contribution in [-0.2, 0) is 6.42 Å². The predicted molar refractivity (Wildman–Crippen MR) is 94.5 cm³/mol. The normalized spacial score (nSPS) is 12.2. The zero-order valence-electron chi connectivity index (χ0n) is 13.9. The molecule has 23 heavy (non-hydrogen) atoms. The molecule has 2 aromatic carbocycles. The van der Waals surface area contributed by atoms with E-state index in [-0.39, 0.29) is 6.42 Å². The van der Waals surface area contributed by atoms with Crippen molar-refractivity contribution in [1.29, 1.82) is 0 Å². The van der Waals surface area contributed by atoms with E-state index in [1.807, 2.05) is 19.1 Å². The second-order valence-electron chi connectivity index (χ2n) is 5.85. The maximum absolute atomic E-state index is 14.0. The number of benzene rings is 2. The maximum atomic E-state index is 14.0. The van der Waals surface area contributed by atoms with Gasteiger partial charge in [0.15, 0.2) is 5.83 Å². The molecular formula is C21H24F2. The summed E-state index contributed by atoms with van der Waals surface area (Å²) in [4.78, 5) is 0. The summed E-state index contributed by atoms with van der Waals surface area (Å²) in [5.41, 5.74) is 3.73. The third-order valence-corrected chi connectivity index (χ3v) is 3.95. The first-order chi connectivity index (χ1) is 11.2. The Hall–Kier alpha value is -1.96. The molecule has 0 N–H and O–H groups in total. The van der Waals surface area contributed by atoms with Gasteiger partial charge in [-0.25, -0.2) is 8.78 Å². The van der Waals surface area contributed by atoms with Crippen LogP contribution in [0.3, 0.4) is 0 Å². The lowest BCUT2D eigenvalue weighted by molar-refractivity contribution is 0.548. The number of allylic oxidation sites excluding steroid dienone is 1. The molecule has 0 saturated carbocycles. The van der Waals surface area contributed by atoms with Crippen molar-refractivity contribution in [2.24, 2.45) is 0 Å². The quantitative estimate of drug-likeness (QED) is 0.511. The van der Waals surface area contributed by atoms with E-state index in [2.05, 4.69) is 31.2 Å². The van der Waals surface area contributed by atoms with Crippen molar-refractivity contribution in [3.63, 3.8) is 0 Å². The summed E-state index contributed by atoms with van der Waals surface area (Å²) in [6.45, 7) is 4.13. The first kappa shape index (κ1) is 17.4. The Balaban J connectivity index is 2.15. The SMILES string of the molecule is CCCCC(F)=C(F)c1ccc(-c2ccc(CCC)cc2)cc1. The van der Waals surface area contributed by atoms with Gasteiger partial charge >= 0.3 is 0 Å². The number of hydrogen-bond donors (Lipinski definition) is 0. The Bertz CT molecular complexity index is 637. The van der Waals surface area contributed by atoms with Gasteiger partial charge in [-0.3, -0.25) is 0 Å². The van der Waals surface area contributed by atoms with E-state index in [0.717, 1.165) is 30.4 Å². The first-order valence-electron chi connectivity index (χ1n) is 8.39. The summed E-state index contributed by atoms with van der Waals surface area (Å²) in [5.74, 6) is -1.38. The van der Waals surface area contributed by atoms with Gasteiger partial charge in [-0.15, -0.1) is 0 Å². The van der Waals surface area contributed by atoms with Crippen LogP contribution >= 0.6 is 0 Å². The van der Waals surface area contributed by atoms with Gasteiger partial charge in [0.25, 0.3) is 0 Å². The van der Waals surface area contributed by atoms with Gasteiger partial charge in [-0.2, -0.15) is 0 Å². The number of halogens is 2. The molecule has 2 aromatic rings. The van der Waals surface area contributed by atoms with Gasteiger partial charge < -0.3 is 0 Å². The largest absolute Gasteiger partial charge is 0.209 e. The van der Waals surface area contributed by atoms with Crippen LogP contribution in [-0.4, -0.2) is 0 Å². The molecule has 0 nitrogen and oxygen atoms in total. The second-order valence-corrected chi connectivity index (χ2v) is 5.85. The molecule has 0 aromatic heterocycles. The van der Waals surface area contributed by atoms with Crippen LogP contribution in [0.15, 0.2) is 54.4 Å². The highest BCUT2D eigenvalue weighted by Gasteiger charge is 2.09. The molecule has 0 aliphatic heterocycles. The van der Waals surface area contributed by atoms with Gasteiger partial charge in [0.2, 0.25) is 0 Å². The second kappa shape index (κ2) is 8.61. The number of aryl methyl sites for hydroxylation is 1. The monoisotopic (exact) mass is 314 g/mol. The lowest BCUT2D eigenvalue weighted by atomic mass is 10.0. The Morgan fingerprint density at radius 1 is 0.783 bits per heavy atom. The predicted octanol–water partition coefficient (Wildman–Crippen LogP) is 7.10. The highest BCUT2D eigenvalue weighted by atomic mass is 19.2. The van der Waals surface area contributed by atoms with E-state index in [4.69, 9.17) is 0 Å². The van der Waals surface area contributed by atoms with Crippen LogP contribution < -0.4 is 0 Å². The smallest absolute Gasteiger partial charge is 0.161 e. The highest BCUT2D eigenvalue weighted by molar-refractivity contribution is 5.68. The third kappa shape index (κ3) is 4.75. The molecule has 0 bridgehead atoms. The molecule has 0 heterocycles. The van der Waals surface area contributed by atoms with Crippen LogP contribution in [0.25, 0.3) is 17.0 Å². The minimum Gasteiger partial charge on any atom is -0.209 e. The van der Waals surface area contributed by atoms with Gasteiger partial charge in [0, 0.05) is 12.0 Å². The minimum atomic E-state index is -0.733. The molecule has 2 rings (SSSR count). The molecule has 0 amide bonds. The third-order valence-electron chi connectivity index (χ3n) is 3.95. The summed E-state index contributed by atoms with van der Waals surface area (Å²) >= 11 is 0. The van der Waals surface area contributed by atoms with Crippen molar-refractivity contribution in [3.05, 3.63) is 65.5 Å². The van der Waals surface area contributed by atoms with Gasteiger partial charge in [0.1, 0.15) is 5.83 Å². The van der Waals surface area contributed by atoms with E-state index < -0.39 is 11.7 Å². The molecule has 0 fully saturated rings. The standard InChI is InChI=1S/C21H24F2/c1-3-5-7-20(22)21(23)19-14-12-18(13-15-19)17-10-8-16(6-4-2)9-11-17/h8-15H,3-7H2,1-2H3. The van der Waals surface area contributed by atoms with Gasteiger partial charge in [-0.05, 0) is 29.5 Å². The van der Waals surface area contributed by atoms with Crippen molar-refractivity contribution in [2.75, 3.05) is 0 Å². The molecule has 0 unspecified atom stereocenters. The number of hydrogen-bond acceptors (Lipinski definition) is 0. The fourth-order valence-corrected chi connectivity index (χ4v) is 2.56. The Kier molecular flexibility index (Phi) is 6.52. The van der Waals surface area contributed by atoms with E-state index >= 15 is 0 Å². The Labute approximate surface area is 137 Å². The van der Waals surface area contributed by atoms with Crippen LogP contribution in [0, 0.1) is 0 Å². The first-order valence-corrected chi connectivity index (χ1v) is 8.39. The van der Waals surface area contributed by atoms with Crippen LogP contribution in [0.2, 0.25) is 0 Å². The van der Waals surface area contributed by atoms with Crippen molar-refractivity contribution >= 4 is 5.83 Å². The van der Waals surface area contributed by atoms with Crippen LogP contribution in [0.1, 0.15) is 50.7 Å². The lowest BCUT2D eigenvalue weighted by Gasteiger charge is -2.06. The Morgan fingerprint density at radius 2 is 1.35 bits per heavy atom. The molecule has 122 valence electrons. The fourth-order valence-electron chi connectivity index (χ4n) is 2.56. The van der Waals surface area contributed by atoms with Crippen molar-refractivity contribution in [1.82, 2.24) is 0 Å². The summed E-state index contributed by atoms with van der Waals surface area (Å²) < 4.78 is 27.7. The molecule has 0 aliphatic rings. The van der Waals surface area contributed by atoms with E-state index in [9.17, 15) is 8.78 Å². The average Bonchev–Trinajstić information content (AvgIpc) is 2.60. The minimum absolute atomic E-state index is 0.170. The van der Waals surface area contributed by atoms with Gasteiger partial charge in [0.05, 0.1) is 0 Å². The van der Waals surface area contributed by atoms with E-state index in [1.54, 1.807) is 12.1 Å². The Morgan fingerprint density at radius 3 is 1.87 bits per heavy atom. The number of unbranched alkanes of at least 4 members (excludes halogenated alkanes) is 1. The molecule has 0 aliphatic carbocycles.